The highest BCUT2D eigenvalue weighted by molar-refractivity contribution is 5.94. The Morgan fingerprint density at radius 2 is 1.90 bits per heavy atom. The van der Waals surface area contributed by atoms with Gasteiger partial charge in [-0.05, 0) is 29.7 Å². The third-order valence-electron chi connectivity index (χ3n) is 6.03. The van der Waals surface area contributed by atoms with Gasteiger partial charge in [0.15, 0.2) is 6.10 Å². The first-order valence-corrected chi connectivity index (χ1v) is 11.7. The van der Waals surface area contributed by atoms with Gasteiger partial charge >= 0.3 is 18.4 Å². The van der Waals surface area contributed by atoms with Crippen molar-refractivity contribution in [2.75, 3.05) is 31.2 Å². The second kappa shape index (κ2) is 11.3. The van der Waals surface area contributed by atoms with Crippen LogP contribution in [0.3, 0.4) is 0 Å². The molecule has 3 aromatic rings. The molecular formula is C25H24F3N3O8. The summed E-state index contributed by atoms with van der Waals surface area (Å²) in [6, 6.07) is 10.7. The number of aromatic nitrogens is 1. The lowest BCUT2D eigenvalue weighted by molar-refractivity contribution is -0.137. The molecular weight excluding hydrogens is 527 g/mol. The molecule has 0 saturated carbocycles. The van der Waals surface area contributed by atoms with Gasteiger partial charge < -0.3 is 35.1 Å². The average Bonchev–Trinajstić information content (AvgIpc) is 3.29. The van der Waals surface area contributed by atoms with Gasteiger partial charge in [0, 0.05) is 28.9 Å². The lowest BCUT2D eigenvalue weighted by atomic mass is 10.0. The number of hydrogen-bond acceptors (Lipinski definition) is 8. The number of fused-ring (bicyclic) bond motifs is 1. The van der Waals surface area contributed by atoms with Crippen LogP contribution in [0.25, 0.3) is 22.0 Å². The molecule has 0 bridgehead atoms. The van der Waals surface area contributed by atoms with Crippen LogP contribution in [-0.4, -0.2) is 77.1 Å². The molecule has 2 heterocycles. The summed E-state index contributed by atoms with van der Waals surface area (Å²) in [5, 5.41) is 30.3. The maximum absolute atomic E-state index is 13.5. The van der Waals surface area contributed by atoms with Crippen molar-refractivity contribution < 1.29 is 47.6 Å². The van der Waals surface area contributed by atoms with E-state index < -0.39 is 54.4 Å². The van der Waals surface area contributed by atoms with Gasteiger partial charge in [0.05, 0.1) is 24.8 Å². The fraction of sp³-hybridized carbons (Fsp3) is 0.320. The predicted molar refractivity (Wildman–Crippen MR) is 131 cm³/mol. The molecule has 1 saturated heterocycles. The lowest BCUT2D eigenvalue weighted by Gasteiger charge is -2.16. The molecule has 1 aliphatic heterocycles. The Morgan fingerprint density at radius 1 is 1.15 bits per heavy atom. The molecule has 0 spiro atoms. The van der Waals surface area contributed by atoms with Crippen LogP contribution in [0.2, 0.25) is 0 Å². The lowest BCUT2D eigenvalue weighted by Crippen LogP contribution is -2.41. The topological polar surface area (TPSA) is 161 Å². The number of amides is 2. The number of aromatic amines is 1. The summed E-state index contributed by atoms with van der Waals surface area (Å²) >= 11 is 0. The van der Waals surface area contributed by atoms with Gasteiger partial charge in [-0.25, -0.2) is 9.59 Å². The summed E-state index contributed by atoms with van der Waals surface area (Å²) < 4.78 is 50.5. The molecule has 4 rings (SSSR count). The van der Waals surface area contributed by atoms with Crippen molar-refractivity contribution in [2.45, 2.75) is 24.5 Å². The number of rotatable bonds is 8. The zero-order valence-corrected chi connectivity index (χ0v) is 20.1. The first-order valence-electron chi connectivity index (χ1n) is 11.7. The van der Waals surface area contributed by atoms with Crippen LogP contribution in [0.15, 0.2) is 53.3 Å². The van der Waals surface area contributed by atoms with Crippen LogP contribution in [-0.2, 0) is 15.7 Å². The largest absolute Gasteiger partial charge is 0.446 e. The van der Waals surface area contributed by atoms with Crippen LogP contribution in [0.5, 0.6) is 0 Å². The number of halogens is 3. The fourth-order valence-electron chi connectivity index (χ4n) is 4.01. The Kier molecular flexibility index (Phi) is 8.09. The number of alkyl carbamates (subject to hydrolysis) is 1. The summed E-state index contributed by atoms with van der Waals surface area (Å²) in [4.78, 5) is 40.7. The molecule has 208 valence electrons. The van der Waals surface area contributed by atoms with Crippen LogP contribution in [0.1, 0.15) is 5.56 Å². The van der Waals surface area contributed by atoms with Crippen LogP contribution >= 0.6 is 0 Å². The number of alkyl halides is 3. The second-order valence-electron chi connectivity index (χ2n) is 8.74. The van der Waals surface area contributed by atoms with Gasteiger partial charge in [0.2, 0.25) is 0 Å². The van der Waals surface area contributed by atoms with Crippen LogP contribution in [0, 0.1) is 0 Å². The SMILES string of the molecule is O=C(NCC(O)[C@@H](O)CO)OC[C@@H]1CN(c2ccc3cc(-c4ccccc4C(F)(F)F)[nH]c(=O)c3c2)C(=O)O1. The quantitative estimate of drug-likeness (QED) is 0.284. The molecule has 1 unspecified atom stereocenters. The van der Waals surface area contributed by atoms with E-state index in [9.17, 15) is 37.8 Å². The molecule has 5 N–H and O–H groups in total. The zero-order valence-electron chi connectivity index (χ0n) is 20.1. The first-order chi connectivity index (χ1) is 18.5. The minimum Gasteiger partial charge on any atom is -0.446 e. The molecule has 39 heavy (non-hydrogen) atoms. The van der Waals surface area contributed by atoms with E-state index in [4.69, 9.17) is 14.6 Å². The van der Waals surface area contributed by atoms with E-state index in [0.717, 1.165) is 6.07 Å². The minimum absolute atomic E-state index is 0.0114. The predicted octanol–water partition coefficient (Wildman–Crippen LogP) is 1.98. The Labute approximate surface area is 218 Å². The number of nitrogens with zero attached hydrogens (tertiary/aromatic N) is 1. The van der Waals surface area contributed by atoms with Gasteiger partial charge in [-0.1, -0.05) is 24.3 Å². The number of H-pyrrole nitrogens is 1. The number of aliphatic hydroxyl groups excluding tert-OH is 3. The van der Waals surface area contributed by atoms with Crippen molar-refractivity contribution in [3.8, 4) is 11.3 Å². The number of ether oxygens (including phenoxy) is 2. The third kappa shape index (κ3) is 6.30. The van der Waals surface area contributed by atoms with Gasteiger partial charge in [0.25, 0.3) is 5.56 Å². The Hall–Kier alpha value is -4.14. The smallest absolute Gasteiger partial charge is 0.417 e. The van der Waals surface area contributed by atoms with Gasteiger partial charge in [-0.2, -0.15) is 13.2 Å². The van der Waals surface area contributed by atoms with Crippen molar-refractivity contribution in [3.63, 3.8) is 0 Å². The van der Waals surface area contributed by atoms with Crippen LogP contribution < -0.4 is 15.8 Å². The van der Waals surface area contributed by atoms with Gasteiger partial charge in [-0.15, -0.1) is 0 Å². The van der Waals surface area contributed by atoms with E-state index in [1.54, 1.807) is 0 Å². The normalized spacial score (nSPS) is 17.1. The number of aliphatic hydroxyl groups is 3. The van der Waals surface area contributed by atoms with E-state index in [2.05, 4.69) is 10.3 Å². The summed E-state index contributed by atoms with van der Waals surface area (Å²) in [6.45, 7) is -1.44. The van der Waals surface area contributed by atoms with Crippen molar-refractivity contribution >= 4 is 28.6 Å². The monoisotopic (exact) mass is 551 g/mol. The molecule has 2 amide bonds. The number of anilines is 1. The highest BCUT2D eigenvalue weighted by Gasteiger charge is 2.35. The maximum atomic E-state index is 13.5. The van der Waals surface area contributed by atoms with Crippen molar-refractivity contribution in [3.05, 3.63) is 64.4 Å². The molecule has 1 aliphatic rings. The Morgan fingerprint density at radius 3 is 2.62 bits per heavy atom. The molecule has 3 atom stereocenters. The molecule has 0 radical (unpaired) electrons. The zero-order chi connectivity index (χ0) is 28.3. The second-order valence-corrected chi connectivity index (χ2v) is 8.74. The van der Waals surface area contributed by atoms with Crippen molar-refractivity contribution in [1.82, 2.24) is 10.3 Å². The number of nitrogens with one attached hydrogen (secondary N) is 2. The molecule has 0 aliphatic carbocycles. The summed E-state index contributed by atoms with van der Waals surface area (Å²) in [5.74, 6) is 0. The number of pyridine rings is 1. The van der Waals surface area contributed by atoms with E-state index in [1.807, 2.05) is 0 Å². The van der Waals surface area contributed by atoms with E-state index in [1.165, 1.54) is 47.4 Å². The Bertz CT molecular complexity index is 1430. The highest BCUT2D eigenvalue weighted by Crippen LogP contribution is 2.36. The molecule has 11 nitrogen and oxygen atoms in total. The molecule has 1 aromatic heterocycles. The van der Waals surface area contributed by atoms with E-state index in [-0.39, 0.29) is 42.0 Å². The summed E-state index contributed by atoms with van der Waals surface area (Å²) in [6.07, 6.45) is -10.0. The third-order valence-corrected chi connectivity index (χ3v) is 6.03. The van der Waals surface area contributed by atoms with Crippen molar-refractivity contribution in [1.29, 1.82) is 0 Å². The number of hydrogen-bond donors (Lipinski definition) is 5. The van der Waals surface area contributed by atoms with E-state index >= 15 is 0 Å². The molecule has 2 aromatic carbocycles. The van der Waals surface area contributed by atoms with Crippen molar-refractivity contribution in [2.24, 2.45) is 0 Å². The number of cyclic esters (lactones) is 1. The fourth-order valence-corrected chi connectivity index (χ4v) is 4.01. The molecule has 14 heteroatoms. The minimum atomic E-state index is -4.62. The van der Waals surface area contributed by atoms with Crippen LogP contribution in [0.4, 0.5) is 28.4 Å². The average molecular weight is 551 g/mol. The first kappa shape index (κ1) is 27.9. The number of carbonyl (C=O) groups is 2. The number of carbonyl (C=O) groups excluding carboxylic acids is 2. The van der Waals surface area contributed by atoms with Gasteiger partial charge in [0.1, 0.15) is 12.7 Å². The van der Waals surface area contributed by atoms with E-state index in [0.29, 0.717) is 5.39 Å². The maximum Gasteiger partial charge on any atom is 0.417 e. The standard InChI is InChI=1S/C25H24F3N3O8/c26-25(27,28)18-4-2-1-3-16(18)19-7-13-5-6-14(8-17(13)22(35)30-19)31-10-15(39-24(31)37)12-38-23(36)29-9-20(33)21(34)11-32/h1-8,15,20-21,32-34H,9-12H2,(H,29,36)(H,30,35)/t15-,20?,21-/m0/s1. The summed E-state index contributed by atoms with van der Waals surface area (Å²) in [7, 11) is 0. The number of benzene rings is 2. The Balaban J connectivity index is 1.45. The molecule has 1 fully saturated rings. The summed E-state index contributed by atoms with van der Waals surface area (Å²) in [5.41, 5.74) is -1.45. The van der Waals surface area contributed by atoms with Gasteiger partial charge in [-0.3, -0.25) is 9.69 Å². The highest BCUT2D eigenvalue weighted by atomic mass is 19.4.